The monoisotopic (exact) mass is 400 g/mol. The number of benzene rings is 1. The number of hydrogen-bond acceptors (Lipinski definition) is 7. The van der Waals surface area contributed by atoms with Gasteiger partial charge in [0.1, 0.15) is 6.54 Å². The number of fused-ring (bicyclic) bond motifs is 1. The van der Waals surface area contributed by atoms with E-state index in [4.69, 9.17) is 0 Å². The lowest BCUT2D eigenvalue weighted by molar-refractivity contribution is -0.142. The Kier molecular flexibility index (Phi) is 5.76. The summed E-state index contributed by atoms with van der Waals surface area (Å²) in [6.07, 6.45) is 4.69. The maximum atomic E-state index is 12.5. The van der Waals surface area contributed by atoms with E-state index >= 15 is 0 Å². The van der Waals surface area contributed by atoms with Gasteiger partial charge in [0.15, 0.2) is 0 Å². The molecule has 1 aliphatic carbocycles. The van der Waals surface area contributed by atoms with Gasteiger partial charge in [-0.1, -0.05) is 12.2 Å². The Morgan fingerprint density at radius 2 is 1.41 bits per heavy atom. The summed E-state index contributed by atoms with van der Waals surface area (Å²) in [6, 6.07) is 3.93. The highest BCUT2D eigenvalue weighted by Gasteiger charge is 2.47. The van der Waals surface area contributed by atoms with Gasteiger partial charge < -0.3 is 14.8 Å². The lowest BCUT2D eigenvalue weighted by atomic mass is 9.85. The molecular formula is C20H20N2O7. The zero-order valence-corrected chi connectivity index (χ0v) is 16.0. The van der Waals surface area contributed by atoms with Crippen LogP contribution in [0.3, 0.4) is 0 Å². The minimum atomic E-state index is -0.701. The number of likely N-dealkylation sites (tertiary alicyclic amines) is 1. The third-order valence-corrected chi connectivity index (χ3v) is 4.96. The van der Waals surface area contributed by atoms with Crippen LogP contribution in [0.15, 0.2) is 30.4 Å². The Morgan fingerprint density at radius 3 is 1.86 bits per heavy atom. The van der Waals surface area contributed by atoms with E-state index < -0.39 is 36.2 Å². The number of allylic oxidation sites excluding steroid dienone is 2. The van der Waals surface area contributed by atoms with Gasteiger partial charge in [0, 0.05) is 5.69 Å². The summed E-state index contributed by atoms with van der Waals surface area (Å²) in [6.45, 7) is -0.444. The number of rotatable bonds is 5. The smallest absolute Gasteiger partial charge is 0.337 e. The zero-order chi connectivity index (χ0) is 21.1. The molecule has 0 bridgehead atoms. The van der Waals surface area contributed by atoms with E-state index in [1.54, 1.807) is 0 Å². The molecule has 3 rings (SSSR count). The minimum absolute atomic E-state index is 0.0381. The van der Waals surface area contributed by atoms with Crippen LogP contribution in [0.4, 0.5) is 5.69 Å². The third-order valence-electron chi connectivity index (χ3n) is 4.96. The molecule has 3 amide bonds. The molecule has 1 saturated heterocycles. The van der Waals surface area contributed by atoms with Gasteiger partial charge in [0.05, 0.1) is 37.2 Å². The van der Waals surface area contributed by atoms with Gasteiger partial charge in [-0.2, -0.15) is 0 Å². The number of methoxy groups -OCH3 is 2. The fourth-order valence-corrected chi connectivity index (χ4v) is 3.54. The predicted molar refractivity (Wildman–Crippen MR) is 99.8 cm³/mol. The van der Waals surface area contributed by atoms with Crippen LogP contribution in [0.5, 0.6) is 0 Å². The zero-order valence-electron chi connectivity index (χ0n) is 16.0. The highest BCUT2D eigenvalue weighted by atomic mass is 16.5. The van der Waals surface area contributed by atoms with Crippen LogP contribution in [-0.4, -0.2) is 55.3 Å². The van der Waals surface area contributed by atoms with E-state index in [-0.39, 0.29) is 28.6 Å². The van der Waals surface area contributed by atoms with Gasteiger partial charge >= 0.3 is 11.9 Å². The van der Waals surface area contributed by atoms with E-state index in [9.17, 15) is 24.0 Å². The molecule has 1 fully saturated rings. The standard InChI is InChI=1S/C20H20N2O7/c1-28-19(26)11-7-12(20(27)29-2)9-13(8-11)21-16(23)10-22-17(24)14-5-3-4-6-15(14)18(22)25/h3-4,7-9,14-15H,5-6,10H2,1-2H3,(H,21,23)/t14-,15-/m1/s1. The number of anilines is 1. The quantitative estimate of drug-likeness (QED) is 0.447. The van der Waals surface area contributed by atoms with Crippen molar-refractivity contribution in [2.75, 3.05) is 26.1 Å². The van der Waals surface area contributed by atoms with Crippen molar-refractivity contribution in [2.24, 2.45) is 11.8 Å². The molecule has 1 N–H and O–H groups in total. The van der Waals surface area contributed by atoms with E-state index in [0.29, 0.717) is 12.8 Å². The first-order valence-corrected chi connectivity index (χ1v) is 8.97. The van der Waals surface area contributed by atoms with Gasteiger partial charge in [0.2, 0.25) is 17.7 Å². The van der Waals surface area contributed by atoms with Crippen LogP contribution in [0.25, 0.3) is 0 Å². The molecule has 1 aromatic carbocycles. The molecule has 2 aliphatic rings. The summed E-state index contributed by atoms with van der Waals surface area (Å²) in [5.74, 6) is -3.60. The maximum absolute atomic E-state index is 12.5. The fraction of sp³-hybridized carbons (Fsp3) is 0.350. The Bertz CT molecular complexity index is 861. The maximum Gasteiger partial charge on any atom is 0.337 e. The molecule has 0 saturated carbocycles. The second-order valence-corrected chi connectivity index (χ2v) is 6.75. The largest absolute Gasteiger partial charge is 0.465 e. The van der Waals surface area contributed by atoms with Crippen LogP contribution >= 0.6 is 0 Å². The number of nitrogens with zero attached hydrogens (tertiary/aromatic N) is 1. The molecule has 0 radical (unpaired) electrons. The molecule has 9 heteroatoms. The van der Waals surface area contributed by atoms with Gasteiger partial charge in [-0.3, -0.25) is 19.3 Å². The number of nitrogens with one attached hydrogen (secondary N) is 1. The van der Waals surface area contributed by atoms with Crippen molar-refractivity contribution < 1.29 is 33.4 Å². The highest BCUT2D eigenvalue weighted by molar-refractivity contribution is 6.09. The van der Waals surface area contributed by atoms with Crippen molar-refractivity contribution in [3.8, 4) is 0 Å². The van der Waals surface area contributed by atoms with Crippen LogP contribution in [0.2, 0.25) is 0 Å². The Hall–Kier alpha value is -3.49. The third kappa shape index (κ3) is 4.03. The van der Waals surface area contributed by atoms with Crippen LogP contribution in [-0.2, 0) is 23.9 Å². The highest BCUT2D eigenvalue weighted by Crippen LogP contribution is 2.34. The Morgan fingerprint density at radius 1 is 0.931 bits per heavy atom. The van der Waals surface area contributed by atoms with Crippen molar-refractivity contribution in [3.05, 3.63) is 41.5 Å². The summed E-state index contributed by atoms with van der Waals surface area (Å²) in [5, 5.41) is 2.51. The molecule has 1 aliphatic heterocycles. The van der Waals surface area contributed by atoms with Crippen LogP contribution in [0, 0.1) is 11.8 Å². The van der Waals surface area contributed by atoms with E-state index in [2.05, 4.69) is 14.8 Å². The molecule has 1 heterocycles. The summed E-state index contributed by atoms with van der Waals surface area (Å²) in [7, 11) is 2.37. The molecule has 29 heavy (non-hydrogen) atoms. The summed E-state index contributed by atoms with van der Waals surface area (Å²) in [4.78, 5) is 62.0. The minimum Gasteiger partial charge on any atom is -0.465 e. The molecular weight excluding hydrogens is 380 g/mol. The fourth-order valence-electron chi connectivity index (χ4n) is 3.54. The lowest BCUT2D eigenvalue weighted by Gasteiger charge is -2.15. The number of amides is 3. The van der Waals surface area contributed by atoms with Crippen LogP contribution in [0.1, 0.15) is 33.6 Å². The average Bonchev–Trinajstić information content (AvgIpc) is 2.97. The molecule has 0 unspecified atom stereocenters. The Balaban J connectivity index is 1.76. The Labute approximate surface area is 166 Å². The second kappa shape index (κ2) is 8.26. The van der Waals surface area contributed by atoms with Crippen molar-refractivity contribution in [1.29, 1.82) is 0 Å². The number of ether oxygens (including phenoxy) is 2. The molecule has 1 aromatic rings. The summed E-state index contributed by atoms with van der Waals surface area (Å²) < 4.78 is 9.29. The first-order valence-electron chi connectivity index (χ1n) is 8.97. The van der Waals surface area contributed by atoms with Crippen LogP contribution < -0.4 is 5.32 Å². The van der Waals surface area contributed by atoms with Crippen molar-refractivity contribution in [3.63, 3.8) is 0 Å². The van der Waals surface area contributed by atoms with Gasteiger partial charge in [-0.05, 0) is 31.0 Å². The van der Waals surface area contributed by atoms with Gasteiger partial charge in [-0.25, -0.2) is 9.59 Å². The molecule has 9 nitrogen and oxygen atoms in total. The van der Waals surface area contributed by atoms with Crippen molar-refractivity contribution in [1.82, 2.24) is 4.90 Å². The lowest BCUT2D eigenvalue weighted by Crippen LogP contribution is -2.38. The SMILES string of the molecule is COC(=O)c1cc(NC(=O)CN2C(=O)[C@@H]3CC=CC[C@H]3C2=O)cc(C(=O)OC)c1. The van der Waals surface area contributed by atoms with Crippen molar-refractivity contribution in [2.45, 2.75) is 12.8 Å². The average molecular weight is 400 g/mol. The number of hydrogen-bond donors (Lipinski definition) is 1. The van der Waals surface area contributed by atoms with E-state index in [1.165, 1.54) is 32.4 Å². The van der Waals surface area contributed by atoms with Gasteiger partial charge in [0.25, 0.3) is 0 Å². The first kappa shape index (κ1) is 20.2. The van der Waals surface area contributed by atoms with E-state index in [1.807, 2.05) is 12.2 Å². The summed E-state index contributed by atoms with van der Waals surface area (Å²) >= 11 is 0. The number of imide groups is 1. The van der Waals surface area contributed by atoms with Gasteiger partial charge in [-0.15, -0.1) is 0 Å². The summed E-state index contributed by atoms with van der Waals surface area (Å²) in [5.41, 5.74) is 0.212. The van der Waals surface area contributed by atoms with E-state index in [0.717, 1.165) is 4.90 Å². The molecule has 0 aromatic heterocycles. The number of carbonyl (C=O) groups excluding carboxylic acids is 5. The molecule has 0 spiro atoms. The molecule has 152 valence electrons. The topological polar surface area (TPSA) is 119 Å². The predicted octanol–water partition coefficient (Wildman–Crippen LogP) is 1.15. The molecule has 2 atom stereocenters. The number of esters is 2. The first-order chi connectivity index (χ1) is 13.8. The van der Waals surface area contributed by atoms with Crippen molar-refractivity contribution >= 4 is 35.3 Å². The second-order valence-electron chi connectivity index (χ2n) is 6.75. The normalized spacial score (nSPS) is 20.3. The number of carbonyl (C=O) groups is 5.